The van der Waals surface area contributed by atoms with E-state index in [4.69, 9.17) is 9.47 Å². The minimum atomic E-state index is -0.0408. The van der Waals surface area contributed by atoms with Crippen molar-refractivity contribution in [3.8, 4) is 11.5 Å². The smallest absolute Gasteiger partial charge is 0.237 e. The molecule has 5 nitrogen and oxygen atoms in total. The van der Waals surface area contributed by atoms with Crippen LogP contribution in [0, 0.1) is 0 Å². The van der Waals surface area contributed by atoms with Crippen LogP contribution in [0.5, 0.6) is 11.5 Å². The topological polar surface area (TPSA) is 59.6 Å². The Labute approximate surface area is 118 Å². The summed E-state index contributed by atoms with van der Waals surface area (Å²) in [5, 5.41) is 6.23. The van der Waals surface area contributed by atoms with Crippen molar-refractivity contribution in [3.05, 3.63) is 23.8 Å². The van der Waals surface area contributed by atoms with E-state index in [0.717, 1.165) is 42.9 Å². The van der Waals surface area contributed by atoms with E-state index in [2.05, 4.69) is 10.6 Å². The molecular weight excluding hydrogens is 256 g/mol. The highest BCUT2D eigenvalue weighted by Crippen LogP contribution is 2.30. The standard InChI is InChI=1S/C15H20N2O3/c18-15(12-3-1-2-6-16-12)17-10-11-4-5-13-14(9-11)20-8-7-19-13/h4-5,9,12,16H,1-3,6-8,10H2,(H,17,18). The van der Waals surface area contributed by atoms with Crippen molar-refractivity contribution in [1.82, 2.24) is 10.6 Å². The molecular formula is C15H20N2O3. The van der Waals surface area contributed by atoms with Crippen LogP contribution in [0.15, 0.2) is 18.2 Å². The quantitative estimate of drug-likeness (QED) is 0.871. The Bertz CT molecular complexity index is 484. The van der Waals surface area contributed by atoms with Gasteiger partial charge in [0.1, 0.15) is 13.2 Å². The summed E-state index contributed by atoms with van der Waals surface area (Å²) in [6.45, 7) is 2.63. The lowest BCUT2D eigenvalue weighted by Crippen LogP contribution is -2.46. The SMILES string of the molecule is O=C(NCc1ccc2c(c1)OCCO2)C1CCCCN1. The zero-order valence-corrected chi connectivity index (χ0v) is 11.5. The first-order chi connectivity index (χ1) is 9.83. The molecule has 2 N–H and O–H groups in total. The van der Waals surface area contributed by atoms with E-state index < -0.39 is 0 Å². The first-order valence-electron chi connectivity index (χ1n) is 7.22. The molecule has 1 unspecified atom stereocenters. The maximum atomic E-state index is 12.0. The molecule has 5 heteroatoms. The third-order valence-corrected chi connectivity index (χ3v) is 3.70. The molecule has 20 heavy (non-hydrogen) atoms. The number of fused-ring (bicyclic) bond motifs is 1. The Hall–Kier alpha value is -1.75. The van der Waals surface area contributed by atoms with E-state index in [1.807, 2.05) is 18.2 Å². The number of benzene rings is 1. The van der Waals surface area contributed by atoms with Gasteiger partial charge in [0.25, 0.3) is 0 Å². The van der Waals surface area contributed by atoms with E-state index in [1.165, 1.54) is 0 Å². The first kappa shape index (κ1) is 13.2. The van der Waals surface area contributed by atoms with Gasteiger partial charge in [-0.3, -0.25) is 4.79 Å². The number of hydrogen-bond acceptors (Lipinski definition) is 4. The Balaban J connectivity index is 1.56. The predicted molar refractivity (Wildman–Crippen MR) is 74.9 cm³/mol. The molecule has 1 saturated heterocycles. The van der Waals surface area contributed by atoms with Gasteiger partial charge < -0.3 is 20.1 Å². The number of rotatable bonds is 3. The number of carbonyl (C=O) groups excluding carboxylic acids is 1. The molecule has 1 fully saturated rings. The minimum absolute atomic E-state index is 0.0408. The molecule has 0 bridgehead atoms. The number of nitrogens with one attached hydrogen (secondary N) is 2. The van der Waals surface area contributed by atoms with Crippen LogP contribution in [0.1, 0.15) is 24.8 Å². The second kappa shape index (κ2) is 6.13. The second-order valence-electron chi connectivity index (χ2n) is 5.20. The van der Waals surface area contributed by atoms with E-state index in [-0.39, 0.29) is 11.9 Å². The van der Waals surface area contributed by atoms with Gasteiger partial charge in [0.15, 0.2) is 11.5 Å². The Morgan fingerprint density at radius 3 is 2.90 bits per heavy atom. The summed E-state index contributed by atoms with van der Waals surface area (Å²) in [6, 6.07) is 5.75. The van der Waals surface area contributed by atoms with Crippen molar-refractivity contribution >= 4 is 5.91 Å². The molecule has 2 aliphatic rings. The van der Waals surface area contributed by atoms with Crippen LogP contribution in [0.25, 0.3) is 0 Å². The molecule has 0 aromatic heterocycles. The molecule has 2 aliphatic heterocycles. The summed E-state index contributed by atoms with van der Waals surface area (Å²) < 4.78 is 11.0. The number of ether oxygens (including phenoxy) is 2. The lowest BCUT2D eigenvalue weighted by molar-refractivity contribution is -0.123. The Morgan fingerprint density at radius 2 is 2.10 bits per heavy atom. The Morgan fingerprint density at radius 1 is 1.25 bits per heavy atom. The number of piperidine rings is 1. The average Bonchev–Trinajstić information content (AvgIpc) is 2.53. The molecule has 0 saturated carbocycles. The molecule has 1 aromatic carbocycles. The van der Waals surface area contributed by atoms with Crippen LogP contribution < -0.4 is 20.1 Å². The predicted octanol–water partition coefficient (Wildman–Crippen LogP) is 1.22. The highest BCUT2D eigenvalue weighted by atomic mass is 16.6. The third kappa shape index (κ3) is 3.04. The highest BCUT2D eigenvalue weighted by Gasteiger charge is 2.20. The molecule has 1 aromatic rings. The van der Waals surface area contributed by atoms with Crippen molar-refractivity contribution in [2.45, 2.75) is 31.8 Å². The van der Waals surface area contributed by atoms with Crippen LogP contribution in [0.4, 0.5) is 0 Å². The fourth-order valence-corrected chi connectivity index (χ4v) is 2.59. The molecule has 0 spiro atoms. The average molecular weight is 276 g/mol. The van der Waals surface area contributed by atoms with Crippen LogP contribution in [-0.4, -0.2) is 31.7 Å². The lowest BCUT2D eigenvalue weighted by Gasteiger charge is -2.23. The zero-order valence-electron chi connectivity index (χ0n) is 11.5. The van der Waals surface area contributed by atoms with Gasteiger partial charge in [-0.2, -0.15) is 0 Å². The van der Waals surface area contributed by atoms with Crippen LogP contribution in [-0.2, 0) is 11.3 Å². The molecule has 1 amide bonds. The van der Waals surface area contributed by atoms with Crippen molar-refractivity contribution in [2.75, 3.05) is 19.8 Å². The summed E-state index contributed by atoms with van der Waals surface area (Å²) in [4.78, 5) is 12.0. The number of carbonyl (C=O) groups is 1. The van der Waals surface area contributed by atoms with Gasteiger partial charge in [0, 0.05) is 6.54 Å². The van der Waals surface area contributed by atoms with E-state index >= 15 is 0 Å². The molecule has 0 radical (unpaired) electrons. The highest BCUT2D eigenvalue weighted by molar-refractivity contribution is 5.81. The first-order valence-corrected chi connectivity index (χ1v) is 7.22. The van der Waals surface area contributed by atoms with E-state index in [1.54, 1.807) is 0 Å². The van der Waals surface area contributed by atoms with Gasteiger partial charge >= 0.3 is 0 Å². The third-order valence-electron chi connectivity index (χ3n) is 3.70. The van der Waals surface area contributed by atoms with Gasteiger partial charge in [-0.15, -0.1) is 0 Å². The van der Waals surface area contributed by atoms with Gasteiger partial charge in [-0.1, -0.05) is 12.5 Å². The summed E-state index contributed by atoms with van der Waals surface area (Å²) in [5.41, 5.74) is 1.03. The maximum Gasteiger partial charge on any atom is 0.237 e. The molecule has 108 valence electrons. The van der Waals surface area contributed by atoms with Gasteiger partial charge in [-0.05, 0) is 37.1 Å². The largest absolute Gasteiger partial charge is 0.486 e. The van der Waals surface area contributed by atoms with E-state index in [9.17, 15) is 4.79 Å². The van der Waals surface area contributed by atoms with Crippen molar-refractivity contribution < 1.29 is 14.3 Å². The van der Waals surface area contributed by atoms with Crippen molar-refractivity contribution in [1.29, 1.82) is 0 Å². The van der Waals surface area contributed by atoms with E-state index in [0.29, 0.717) is 19.8 Å². The zero-order chi connectivity index (χ0) is 13.8. The monoisotopic (exact) mass is 276 g/mol. The fourth-order valence-electron chi connectivity index (χ4n) is 2.59. The van der Waals surface area contributed by atoms with Crippen LogP contribution in [0.2, 0.25) is 0 Å². The minimum Gasteiger partial charge on any atom is -0.486 e. The second-order valence-corrected chi connectivity index (χ2v) is 5.20. The van der Waals surface area contributed by atoms with Crippen LogP contribution in [0.3, 0.4) is 0 Å². The van der Waals surface area contributed by atoms with Gasteiger partial charge in [0.05, 0.1) is 6.04 Å². The van der Waals surface area contributed by atoms with Crippen LogP contribution >= 0.6 is 0 Å². The van der Waals surface area contributed by atoms with Gasteiger partial charge in [-0.25, -0.2) is 0 Å². The molecule has 0 aliphatic carbocycles. The lowest BCUT2D eigenvalue weighted by atomic mass is 10.0. The Kier molecular flexibility index (Phi) is 4.06. The van der Waals surface area contributed by atoms with Crippen molar-refractivity contribution in [2.24, 2.45) is 0 Å². The normalized spacial score (nSPS) is 21.3. The molecule has 1 atom stereocenters. The summed E-state index contributed by atoms with van der Waals surface area (Å²) in [7, 11) is 0. The molecule has 3 rings (SSSR count). The summed E-state index contributed by atoms with van der Waals surface area (Å²) >= 11 is 0. The number of hydrogen-bond donors (Lipinski definition) is 2. The fraction of sp³-hybridized carbons (Fsp3) is 0.533. The number of amides is 1. The summed E-state index contributed by atoms with van der Waals surface area (Å²) in [5.74, 6) is 1.62. The molecule has 2 heterocycles. The van der Waals surface area contributed by atoms with Crippen molar-refractivity contribution in [3.63, 3.8) is 0 Å². The summed E-state index contributed by atoms with van der Waals surface area (Å²) in [6.07, 6.45) is 3.20. The van der Waals surface area contributed by atoms with Gasteiger partial charge in [0.2, 0.25) is 5.91 Å². The maximum absolute atomic E-state index is 12.0.